The van der Waals surface area contributed by atoms with Crippen LogP contribution in [0.1, 0.15) is 74.2 Å². The number of nitrogens with zero attached hydrogens (tertiary/aromatic N) is 2. The largest absolute Gasteiger partial charge is 0.490 e. The van der Waals surface area contributed by atoms with Gasteiger partial charge in [-0.25, -0.2) is 4.39 Å². The van der Waals surface area contributed by atoms with E-state index in [1.807, 2.05) is 4.90 Å². The lowest BCUT2D eigenvalue weighted by Crippen LogP contribution is -2.49. The van der Waals surface area contributed by atoms with Crippen molar-refractivity contribution < 1.29 is 23.5 Å². The monoisotopic (exact) mass is 578 g/mol. The van der Waals surface area contributed by atoms with Gasteiger partial charge in [0, 0.05) is 63.7 Å². The molecule has 1 atom stereocenters. The first-order chi connectivity index (χ1) is 20.4. The first-order valence-electron chi connectivity index (χ1n) is 15.5. The molecular weight excluding hydrogens is 535 g/mol. The molecule has 0 radical (unpaired) electrons. The summed E-state index contributed by atoms with van der Waals surface area (Å²) in [4.78, 5) is 42.2. The fourth-order valence-electron chi connectivity index (χ4n) is 6.50. The standard InChI is InChI=1S/C33H43FN4O4/c1-23(39)37-18-14-29(15-19-37)42-28-10-7-25(8-11-28)32(40)36-30(21-24-5-3-2-4-6-24)33(41)35-16-20-38-17-13-26-22-27(34)9-12-31(26)38/h7-12,22,24,29-30H,2-6,13-21H2,1H3,(H,35,41)(H,36,40)/t30-/m0/s1. The van der Waals surface area contributed by atoms with Gasteiger partial charge in [0.1, 0.15) is 23.7 Å². The Hall–Kier alpha value is -3.62. The minimum Gasteiger partial charge on any atom is -0.490 e. The number of nitrogens with one attached hydrogen (secondary N) is 2. The number of hydrogen-bond donors (Lipinski definition) is 2. The smallest absolute Gasteiger partial charge is 0.251 e. The SMILES string of the molecule is CC(=O)N1CCC(Oc2ccc(C(=O)N[C@@H](CC3CCCCC3)C(=O)NCCN3CCc4cc(F)ccc43)cc2)CC1. The average Bonchev–Trinajstić information content (AvgIpc) is 3.39. The van der Waals surface area contributed by atoms with Crippen LogP contribution in [0, 0.1) is 11.7 Å². The van der Waals surface area contributed by atoms with Crippen LogP contribution < -0.4 is 20.3 Å². The fourth-order valence-corrected chi connectivity index (χ4v) is 6.50. The van der Waals surface area contributed by atoms with Gasteiger partial charge in [0.05, 0.1) is 0 Å². The second-order valence-corrected chi connectivity index (χ2v) is 11.9. The minimum absolute atomic E-state index is 0.0408. The molecule has 2 fully saturated rings. The summed E-state index contributed by atoms with van der Waals surface area (Å²) in [6, 6.07) is 11.3. The van der Waals surface area contributed by atoms with Crippen LogP contribution in [0.25, 0.3) is 0 Å². The predicted octanol–water partition coefficient (Wildman–Crippen LogP) is 4.46. The van der Waals surface area contributed by atoms with E-state index in [0.29, 0.717) is 49.8 Å². The molecule has 2 N–H and O–H groups in total. The van der Waals surface area contributed by atoms with Crippen molar-refractivity contribution in [3.63, 3.8) is 0 Å². The highest BCUT2D eigenvalue weighted by atomic mass is 19.1. The lowest BCUT2D eigenvalue weighted by molar-refractivity contribution is -0.130. The Kier molecular flexibility index (Phi) is 9.97. The van der Waals surface area contributed by atoms with Gasteiger partial charge < -0.3 is 25.2 Å². The summed E-state index contributed by atoms with van der Waals surface area (Å²) in [6.07, 6.45) is 8.74. The second kappa shape index (κ2) is 14.0. The Morgan fingerprint density at radius 3 is 2.43 bits per heavy atom. The summed E-state index contributed by atoms with van der Waals surface area (Å²) >= 11 is 0. The van der Waals surface area contributed by atoms with Crippen LogP contribution >= 0.6 is 0 Å². The van der Waals surface area contributed by atoms with Crippen molar-refractivity contribution in [2.75, 3.05) is 37.6 Å². The van der Waals surface area contributed by atoms with Crippen molar-refractivity contribution in [1.82, 2.24) is 15.5 Å². The number of ether oxygens (including phenoxy) is 1. The van der Waals surface area contributed by atoms with Gasteiger partial charge in [-0.3, -0.25) is 14.4 Å². The number of anilines is 1. The number of carbonyl (C=O) groups is 3. The third-order valence-electron chi connectivity index (χ3n) is 8.94. The van der Waals surface area contributed by atoms with Crippen LogP contribution in [0.2, 0.25) is 0 Å². The molecular formula is C33H43FN4O4. The van der Waals surface area contributed by atoms with Gasteiger partial charge in [-0.05, 0) is 66.8 Å². The number of fused-ring (bicyclic) bond motifs is 1. The van der Waals surface area contributed by atoms with Crippen molar-refractivity contribution in [1.29, 1.82) is 0 Å². The van der Waals surface area contributed by atoms with Gasteiger partial charge in [-0.15, -0.1) is 0 Å². The van der Waals surface area contributed by atoms with Crippen molar-refractivity contribution in [2.24, 2.45) is 5.92 Å². The Bertz CT molecular complexity index is 1240. The molecule has 42 heavy (non-hydrogen) atoms. The summed E-state index contributed by atoms with van der Waals surface area (Å²) < 4.78 is 19.7. The van der Waals surface area contributed by atoms with Crippen LogP contribution in [0.4, 0.5) is 10.1 Å². The molecule has 8 nitrogen and oxygen atoms in total. The molecule has 3 aliphatic rings. The van der Waals surface area contributed by atoms with Crippen molar-refractivity contribution in [3.05, 3.63) is 59.4 Å². The lowest BCUT2D eigenvalue weighted by Gasteiger charge is -2.31. The number of halogens is 1. The van der Waals surface area contributed by atoms with Crippen LogP contribution in [0.3, 0.4) is 0 Å². The Morgan fingerprint density at radius 1 is 0.976 bits per heavy atom. The first-order valence-corrected chi connectivity index (χ1v) is 15.5. The molecule has 9 heteroatoms. The van der Waals surface area contributed by atoms with Gasteiger partial charge >= 0.3 is 0 Å². The van der Waals surface area contributed by atoms with Crippen LogP contribution in [-0.4, -0.2) is 67.5 Å². The molecule has 2 aromatic rings. The summed E-state index contributed by atoms with van der Waals surface area (Å²) in [5.41, 5.74) is 2.50. The molecule has 0 unspecified atom stereocenters. The summed E-state index contributed by atoms with van der Waals surface area (Å²) in [7, 11) is 0. The number of benzene rings is 2. The number of carbonyl (C=O) groups excluding carboxylic acids is 3. The zero-order valence-corrected chi connectivity index (χ0v) is 24.6. The fraction of sp³-hybridized carbons (Fsp3) is 0.545. The zero-order valence-electron chi connectivity index (χ0n) is 24.6. The normalized spacial score (nSPS) is 18.3. The third-order valence-corrected chi connectivity index (χ3v) is 8.94. The maximum absolute atomic E-state index is 13.6. The molecule has 0 spiro atoms. The zero-order chi connectivity index (χ0) is 29.5. The number of hydrogen-bond acceptors (Lipinski definition) is 5. The maximum Gasteiger partial charge on any atom is 0.251 e. The maximum atomic E-state index is 13.6. The second-order valence-electron chi connectivity index (χ2n) is 11.9. The highest BCUT2D eigenvalue weighted by molar-refractivity contribution is 5.97. The molecule has 2 aromatic carbocycles. The number of piperidine rings is 1. The van der Waals surface area contributed by atoms with Crippen LogP contribution in [-0.2, 0) is 16.0 Å². The topological polar surface area (TPSA) is 91.0 Å². The van der Waals surface area contributed by atoms with Gasteiger partial charge in [-0.1, -0.05) is 32.1 Å². The number of likely N-dealkylation sites (tertiary alicyclic amines) is 1. The summed E-state index contributed by atoms with van der Waals surface area (Å²) in [5.74, 6) is 0.538. The van der Waals surface area contributed by atoms with Crippen molar-refractivity contribution in [3.8, 4) is 5.75 Å². The quantitative estimate of drug-likeness (QED) is 0.435. The molecule has 1 saturated carbocycles. The van der Waals surface area contributed by atoms with Gasteiger partial charge in [0.25, 0.3) is 5.91 Å². The molecule has 2 heterocycles. The van der Waals surface area contributed by atoms with Crippen LogP contribution in [0.5, 0.6) is 5.75 Å². The van der Waals surface area contributed by atoms with E-state index in [4.69, 9.17) is 4.74 Å². The van der Waals surface area contributed by atoms with Crippen LogP contribution in [0.15, 0.2) is 42.5 Å². The van der Waals surface area contributed by atoms with Gasteiger partial charge in [-0.2, -0.15) is 0 Å². The van der Waals surface area contributed by atoms with Crippen molar-refractivity contribution in [2.45, 2.75) is 76.9 Å². The van der Waals surface area contributed by atoms with E-state index in [2.05, 4.69) is 15.5 Å². The Balaban J connectivity index is 1.15. The lowest BCUT2D eigenvalue weighted by atomic mass is 9.84. The predicted molar refractivity (Wildman–Crippen MR) is 160 cm³/mol. The molecule has 0 aromatic heterocycles. The summed E-state index contributed by atoms with van der Waals surface area (Å²) in [6.45, 7) is 4.85. The number of amides is 3. The summed E-state index contributed by atoms with van der Waals surface area (Å²) in [5, 5.41) is 6.06. The highest BCUT2D eigenvalue weighted by Crippen LogP contribution is 2.29. The minimum atomic E-state index is -0.608. The molecule has 1 aliphatic carbocycles. The molecule has 0 bridgehead atoms. The molecule has 3 amide bonds. The Labute approximate surface area is 248 Å². The van der Waals surface area contributed by atoms with Crippen molar-refractivity contribution >= 4 is 23.4 Å². The number of rotatable bonds is 10. The third kappa shape index (κ3) is 7.81. The van der Waals surface area contributed by atoms with E-state index in [1.165, 1.54) is 12.5 Å². The van der Waals surface area contributed by atoms with E-state index >= 15 is 0 Å². The molecule has 2 aliphatic heterocycles. The first kappa shape index (κ1) is 29.9. The van der Waals surface area contributed by atoms with Gasteiger partial charge in [0.2, 0.25) is 11.8 Å². The van der Waals surface area contributed by atoms with E-state index in [0.717, 1.165) is 62.7 Å². The van der Waals surface area contributed by atoms with E-state index in [-0.39, 0.29) is 29.6 Å². The molecule has 5 rings (SSSR count). The van der Waals surface area contributed by atoms with E-state index < -0.39 is 6.04 Å². The molecule has 226 valence electrons. The Morgan fingerprint density at radius 2 is 1.71 bits per heavy atom. The molecule has 1 saturated heterocycles. The van der Waals surface area contributed by atoms with E-state index in [1.54, 1.807) is 43.3 Å². The van der Waals surface area contributed by atoms with Gasteiger partial charge in [0.15, 0.2) is 0 Å². The van der Waals surface area contributed by atoms with E-state index in [9.17, 15) is 18.8 Å². The highest BCUT2D eigenvalue weighted by Gasteiger charge is 2.27. The average molecular weight is 579 g/mol.